The second kappa shape index (κ2) is 3.83. The van der Waals surface area contributed by atoms with Crippen LogP contribution in [0.25, 0.3) is 10.1 Å². The molecule has 0 atom stereocenters. The van der Waals surface area contributed by atoms with Gasteiger partial charge in [-0.1, -0.05) is 0 Å². The third-order valence-corrected chi connectivity index (χ3v) is 4.23. The second-order valence-electron chi connectivity index (χ2n) is 2.86. The average Bonchev–Trinajstić information content (AvgIpc) is 2.49. The van der Waals surface area contributed by atoms with Gasteiger partial charge in [-0.3, -0.25) is 0 Å². The fourth-order valence-electron chi connectivity index (χ4n) is 1.28. The zero-order valence-corrected chi connectivity index (χ0v) is 10.0. The maximum absolute atomic E-state index is 13.4. The summed E-state index contributed by atoms with van der Waals surface area (Å²) in [7, 11) is 0. The summed E-state index contributed by atoms with van der Waals surface area (Å²) in [6.07, 6.45) is 0.133. The second-order valence-corrected chi connectivity index (χ2v) is 4.93. The van der Waals surface area contributed by atoms with Gasteiger partial charge in [-0.05, 0) is 34.7 Å². The van der Waals surface area contributed by atoms with Crippen LogP contribution in [-0.2, 0) is 6.42 Å². The third kappa shape index (κ3) is 1.62. The predicted molar refractivity (Wildman–Crippen MR) is 63.8 cm³/mol. The van der Waals surface area contributed by atoms with Gasteiger partial charge in [0.2, 0.25) is 0 Å². The van der Waals surface area contributed by atoms with Crippen molar-refractivity contribution in [2.75, 3.05) is 0 Å². The van der Waals surface area contributed by atoms with Gasteiger partial charge < -0.3 is 0 Å². The van der Waals surface area contributed by atoms with E-state index in [1.54, 1.807) is 6.07 Å². The van der Waals surface area contributed by atoms with Gasteiger partial charge in [-0.25, -0.2) is 4.39 Å². The predicted octanol–water partition coefficient (Wildman–Crippen LogP) is 3.71. The van der Waals surface area contributed by atoms with Gasteiger partial charge in [0.15, 0.2) is 0 Å². The van der Waals surface area contributed by atoms with Crippen molar-refractivity contribution in [1.82, 2.24) is 0 Å². The van der Waals surface area contributed by atoms with Crippen LogP contribution in [0.1, 0.15) is 5.56 Å². The van der Waals surface area contributed by atoms with Crippen LogP contribution in [0.4, 0.5) is 4.39 Å². The molecule has 70 valence electrons. The van der Waals surface area contributed by atoms with Crippen molar-refractivity contribution < 1.29 is 4.39 Å². The highest BCUT2D eigenvalue weighted by atomic mass is 127. The minimum atomic E-state index is -0.280. The zero-order valence-electron chi connectivity index (χ0n) is 7.05. The molecule has 1 aromatic carbocycles. The van der Waals surface area contributed by atoms with Crippen molar-refractivity contribution in [2.45, 2.75) is 6.42 Å². The Bertz CT molecular complexity index is 527. The molecule has 0 aliphatic heterocycles. The van der Waals surface area contributed by atoms with E-state index in [1.165, 1.54) is 17.4 Å². The van der Waals surface area contributed by atoms with Crippen LogP contribution < -0.4 is 0 Å². The summed E-state index contributed by atoms with van der Waals surface area (Å²) in [5.41, 5.74) is 0.483. The topological polar surface area (TPSA) is 23.8 Å². The molecule has 2 aromatic rings. The smallest absolute Gasteiger partial charge is 0.128 e. The molecule has 14 heavy (non-hydrogen) atoms. The van der Waals surface area contributed by atoms with E-state index < -0.39 is 0 Å². The highest BCUT2D eigenvalue weighted by Gasteiger charge is 2.07. The summed E-state index contributed by atoms with van der Waals surface area (Å²) in [6, 6.07) is 5.24. The molecule has 0 radical (unpaired) electrons. The number of fused-ring (bicyclic) bond motifs is 1. The highest BCUT2D eigenvalue weighted by Crippen LogP contribution is 2.29. The quantitative estimate of drug-likeness (QED) is 0.736. The van der Waals surface area contributed by atoms with Crippen molar-refractivity contribution in [3.05, 3.63) is 32.5 Å². The standard InChI is InChI=1S/C10H5FINS/c11-8-4-10-7(9(12)5-14-10)3-6(8)1-2-13/h3-5H,1H2. The number of benzene rings is 1. The number of hydrogen-bond donors (Lipinski definition) is 0. The van der Waals surface area contributed by atoms with E-state index in [-0.39, 0.29) is 12.2 Å². The number of thiophene rings is 1. The van der Waals surface area contributed by atoms with Crippen LogP contribution in [0.5, 0.6) is 0 Å². The van der Waals surface area contributed by atoms with Crippen molar-refractivity contribution >= 4 is 44.0 Å². The van der Waals surface area contributed by atoms with Gasteiger partial charge in [0.25, 0.3) is 0 Å². The Kier molecular flexibility index (Phi) is 2.70. The molecule has 0 aliphatic rings. The van der Waals surface area contributed by atoms with Crippen molar-refractivity contribution in [3.63, 3.8) is 0 Å². The first-order valence-electron chi connectivity index (χ1n) is 3.94. The first-order chi connectivity index (χ1) is 6.72. The van der Waals surface area contributed by atoms with E-state index in [0.717, 1.165) is 13.7 Å². The average molecular weight is 317 g/mol. The maximum atomic E-state index is 13.4. The van der Waals surface area contributed by atoms with E-state index in [9.17, 15) is 4.39 Å². The van der Waals surface area contributed by atoms with Crippen LogP contribution in [0.2, 0.25) is 0 Å². The van der Waals surface area contributed by atoms with Crippen LogP contribution in [-0.4, -0.2) is 0 Å². The fourth-order valence-corrected chi connectivity index (χ4v) is 3.12. The molecular formula is C10H5FINS. The third-order valence-electron chi connectivity index (χ3n) is 1.96. The summed E-state index contributed by atoms with van der Waals surface area (Å²) in [4.78, 5) is 0. The molecule has 0 saturated heterocycles. The van der Waals surface area contributed by atoms with E-state index in [2.05, 4.69) is 22.6 Å². The maximum Gasteiger partial charge on any atom is 0.128 e. The lowest BCUT2D eigenvalue weighted by Crippen LogP contribution is -1.87. The number of nitriles is 1. The van der Waals surface area contributed by atoms with Crippen LogP contribution in [0.3, 0.4) is 0 Å². The van der Waals surface area contributed by atoms with Crippen LogP contribution >= 0.6 is 33.9 Å². The molecule has 0 saturated carbocycles. The van der Waals surface area contributed by atoms with E-state index in [1.807, 2.05) is 11.4 Å². The lowest BCUT2D eigenvalue weighted by Gasteiger charge is -1.98. The molecule has 1 nitrogen and oxygen atoms in total. The van der Waals surface area contributed by atoms with Crippen LogP contribution in [0, 0.1) is 20.7 Å². The Morgan fingerprint density at radius 1 is 1.50 bits per heavy atom. The first kappa shape index (κ1) is 9.87. The molecular weight excluding hydrogens is 312 g/mol. The monoisotopic (exact) mass is 317 g/mol. The summed E-state index contributed by atoms with van der Waals surface area (Å²) in [5, 5.41) is 11.6. The molecule has 0 amide bonds. The van der Waals surface area contributed by atoms with Gasteiger partial charge in [0.05, 0.1) is 12.5 Å². The van der Waals surface area contributed by atoms with Gasteiger partial charge in [0, 0.05) is 24.6 Å². The molecule has 4 heteroatoms. The SMILES string of the molecule is N#CCc1cc2c(I)csc2cc1F. The van der Waals surface area contributed by atoms with E-state index >= 15 is 0 Å². The Morgan fingerprint density at radius 2 is 2.29 bits per heavy atom. The largest absolute Gasteiger partial charge is 0.207 e. The van der Waals surface area contributed by atoms with Gasteiger partial charge in [-0.15, -0.1) is 11.3 Å². The van der Waals surface area contributed by atoms with Gasteiger partial charge >= 0.3 is 0 Å². The summed E-state index contributed by atoms with van der Waals surface area (Å²) in [6.45, 7) is 0. The Balaban J connectivity index is 2.69. The first-order valence-corrected chi connectivity index (χ1v) is 5.90. The van der Waals surface area contributed by atoms with Crippen LogP contribution in [0.15, 0.2) is 17.5 Å². The molecule has 1 heterocycles. The lowest BCUT2D eigenvalue weighted by atomic mass is 10.1. The number of halogens is 2. The van der Waals surface area contributed by atoms with Crippen molar-refractivity contribution in [2.24, 2.45) is 0 Å². The minimum absolute atomic E-state index is 0.133. The summed E-state index contributed by atoms with van der Waals surface area (Å²) in [5.74, 6) is -0.280. The summed E-state index contributed by atoms with van der Waals surface area (Å²) < 4.78 is 15.4. The number of rotatable bonds is 1. The molecule has 0 N–H and O–H groups in total. The van der Waals surface area contributed by atoms with Gasteiger partial charge in [-0.2, -0.15) is 5.26 Å². The molecule has 1 aromatic heterocycles. The van der Waals surface area contributed by atoms with Crippen molar-refractivity contribution in [3.8, 4) is 6.07 Å². The van der Waals surface area contributed by atoms with Gasteiger partial charge in [0.1, 0.15) is 5.82 Å². The van der Waals surface area contributed by atoms with Crippen molar-refractivity contribution in [1.29, 1.82) is 5.26 Å². The Morgan fingerprint density at radius 3 is 3.00 bits per heavy atom. The molecule has 0 fully saturated rings. The number of nitrogens with zero attached hydrogens (tertiary/aromatic N) is 1. The highest BCUT2D eigenvalue weighted by molar-refractivity contribution is 14.1. The molecule has 0 unspecified atom stereocenters. The molecule has 0 spiro atoms. The van der Waals surface area contributed by atoms with E-state index in [0.29, 0.717) is 5.56 Å². The summed E-state index contributed by atoms with van der Waals surface area (Å²) >= 11 is 3.74. The Hall–Kier alpha value is -0.670. The number of hydrogen-bond acceptors (Lipinski definition) is 2. The zero-order chi connectivity index (χ0) is 10.1. The lowest BCUT2D eigenvalue weighted by molar-refractivity contribution is 0.617. The Labute approximate surface area is 98.3 Å². The normalized spacial score (nSPS) is 10.4. The fraction of sp³-hybridized carbons (Fsp3) is 0.100. The molecule has 2 rings (SSSR count). The molecule has 0 aliphatic carbocycles. The minimum Gasteiger partial charge on any atom is -0.207 e. The molecule has 0 bridgehead atoms. The van der Waals surface area contributed by atoms with E-state index in [4.69, 9.17) is 5.26 Å².